The van der Waals surface area contributed by atoms with E-state index in [1.807, 2.05) is 49.4 Å². The molecule has 2 aromatic carbocycles. The van der Waals surface area contributed by atoms with E-state index in [9.17, 15) is 9.59 Å². The number of rotatable bonds is 9. The zero-order valence-corrected chi connectivity index (χ0v) is 21.0. The van der Waals surface area contributed by atoms with E-state index >= 15 is 0 Å². The molecule has 2 amide bonds. The lowest BCUT2D eigenvalue weighted by atomic mass is 9.79. The van der Waals surface area contributed by atoms with Gasteiger partial charge in [0, 0.05) is 31.0 Å². The largest absolute Gasteiger partial charge is 0.493 e. The van der Waals surface area contributed by atoms with Crippen molar-refractivity contribution < 1.29 is 23.8 Å². The molecule has 4 rings (SSSR count). The first kappa shape index (κ1) is 25.0. The average Bonchev–Trinajstić information content (AvgIpc) is 2.92. The number of fused-ring (bicyclic) bond motifs is 1. The maximum Gasteiger partial charge on any atom is 0.254 e. The number of nitrogens with zero attached hydrogens (tertiary/aromatic N) is 2. The second kappa shape index (κ2) is 11.1. The molecule has 1 aromatic heterocycles. The van der Waals surface area contributed by atoms with Crippen molar-refractivity contribution in [3.63, 3.8) is 0 Å². The minimum atomic E-state index is -0.643. The summed E-state index contributed by atoms with van der Waals surface area (Å²) in [6.07, 6.45) is 4.12. The van der Waals surface area contributed by atoms with E-state index in [1.165, 1.54) is 0 Å². The highest BCUT2D eigenvalue weighted by Gasteiger charge is 2.44. The number of carbonyl (C=O) groups is 2. The number of methoxy groups -OCH3 is 3. The Hall–Kier alpha value is -4.07. The van der Waals surface area contributed by atoms with Gasteiger partial charge in [-0.2, -0.15) is 0 Å². The van der Waals surface area contributed by atoms with E-state index < -0.39 is 12.0 Å². The van der Waals surface area contributed by atoms with Crippen LogP contribution in [0.4, 0.5) is 0 Å². The van der Waals surface area contributed by atoms with Crippen LogP contribution in [0.1, 0.15) is 52.4 Å². The van der Waals surface area contributed by atoms with Crippen molar-refractivity contribution in [2.75, 3.05) is 27.9 Å². The van der Waals surface area contributed by atoms with Crippen molar-refractivity contribution >= 4 is 11.8 Å². The second-order valence-corrected chi connectivity index (χ2v) is 8.54. The second-order valence-electron chi connectivity index (χ2n) is 8.54. The Kier molecular flexibility index (Phi) is 7.73. The molecule has 188 valence electrons. The summed E-state index contributed by atoms with van der Waals surface area (Å²) in [5, 5.41) is 3.07. The fourth-order valence-corrected chi connectivity index (χ4v) is 4.80. The topological polar surface area (TPSA) is 90.0 Å². The summed E-state index contributed by atoms with van der Waals surface area (Å²) in [4.78, 5) is 33.3. The molecule has 0 unspecified atom stereocenters. The van der Waals surface area contributed by atoms with Crippen molar-refractivity contribution in [3.05, 3.63) is 83.2 Å². The molecule has 0 saturated heterocycles. The molecule has 2 atom stereocenters. The Morgan fingerprint density at radius 3 is 2.28 bits per heavy atom. The average molecular weight is 490 g/mol. The van der Waals surface area contributed by atoms with Gasteiger partial charge in [0.25, 0.3) is 5.91 Å². The molecule has 1 N–H and O–H groups in total. The van der Waals surface area contributed by atoms with Crippen LogP contribution in [0.2, 0.25) is 0 Å². The Labute approximate surface area is 211 Å². The summed E-state index contributed by atoms with van der Waals surface area (Å²) in [6.45, 7) is 2.85. The maximum absolute atomic E-state index is 13.9. The molecule has 0 radical (unpaired) electrons. The molecule has 8 nitrogen and oxygen atoms in total. The number of hydrogen-bond donors (Lipinski definition) is 1. The lowest BCUT2D eigenvalue weighted by Crippen LogP contribution is -2.47. The molecular formula is C28H31N3O5. The maximum atomic E-state index is 13.9. The van der Waals surface area contributed by atoms with Crippen LogP contribution in [0.5, 0.6) is 17.2 Å². The minimum Gasteiger partial charge on any atom is -0.493 e. The molecule has 1 aliphatic heterocycles. The van der Waals surface area contributed by atoms with Gasteiger partial charge in [0.1, 0.15) is 0 Å². The third kappa shape index (κ3) is 4.71. The number of benzene rings is 2. The summed E-state index contributed by atoms with van der Waals surface area (Å²) in [5.74, 6) is 0.453. The zero-order valence-electron chi connectivity index (χ0n) is 21.0. The van der Waals surface area contributed by atoms with Crippen LogP contribution in [-0.2, 0) is 11.3 Å². The van der Waals surface area contributed by atoms with Gasteiger partial charge in [-0.1, -0.05) is 25.1 Å². The lowest BCUT2D eigenvalue weighted by molar-refractivity contribution is -0.124. The van der Waals surface area contributed by atoms with Crippen LogP contribution in [0, 0.1) is 0 Å². The third-order valence-corrected chi connectivity index (χ3v) is 6.43. The fraction of sp³-hybridized carbons (Fsp3) is 0.321. The van der Waals surface area contributed by atoms with E-state index in [4.69, 9.17) is 14.2 Å². The van der Waals surface area contributed by atoms with Crippen molar-refractivity contribution in [2.45, 2.75) is 31.8 Å². The number of hydrogen-bond acceptors (Lipinski definition) is 6. The molecule has 0 aliphatic carbocycles. The van der Waals surface area contributed by atoms with Gasteiger partial charge in [-0.05, 0) is 53.4 Å². The van der Waals surface area contributed by atoms with Gasteiger partial charge in [0.05, 0.1) is 33.3 Å². The van der Waals surface area contributed by atoms with Gasteiger partial charge in [0.2, 0.25) is 11.7 Å². The molecule has 0 bridgehead atoms. The van der Waals surface area contributed by atoms with Crippen LogP contribution in [0.25, 0.3) is 0 Å². The number of carbonyl (C=O) groups excluding carboxylic acids is 2. The Morgan fingerprint density at radius 1 is 1.00 bits per heavy atom. The van der Waals surface area contributed by atoms with Crippen LogP contribution >= 0.6 is 0 Å². The van der Waals surface area contributed by atoms with E-state index in [0.29, 0.717) is 41.5 Å². The molecule has 36 heavy (non-hydrogen) atoms. The highest BCUT2D eigenvalue weighted by molar-refractivity contribution is 6.01. The molecule has 0 spiro atoms. The standard InChI is InChI=1S/C28H31N3O5/c1-5-14-31-25(19-15-22(34-2)26(36-4)23(16-19)35-3)24(20-8-6-7-9-21(20)28(31)33)27(32)30-17-18-10-12-29-13-11-18/h6-13,15-16,24-25H,5,14,17H2,1-4H3,(H,30,32)/t24-,25-/m0/s1. The highest BCUT2D eigenvalue weighted by Crippen LogP contribution is 2.47. The predicted octanol–water partition coefficient (Wildman–Crippen LogP) is 4.11. The van der Waals surface area contributed by atoms with Gasteiger partial charge in [-0.25, -0.2) is 0 Å². The quantitative estimate of drug-likeness (QED) is 0.487. The lowest BCUT2D eigenvalue weighted by Gasteiger charge is -2.42. The predicted molar refractivity (Wildman–Crippen MR) is 135 cm³/mol. The van der Waals surface area contributed by atoms with E-state index in [0.717, 1.165) is 17.5 Å². The number of aromatic nitrogens is 1. The number of amides is 2. The fourth-order valence-electron chi connectivity index (χ4n) is 4.80. The minimum absolute atomic E-state index is 0.107. The molecule has 0 saturated carbocycles. The molecule has 1 aliphatic rings. The van der Waals surface area contributed by atoms with E-state index in [2.05, 4.69) is 10.3 Å². The van der Waals surface area contributed by atoms with Crippen molar-refractivity contribution in [1.82, 2.24) is 15.2 Å². The Balaban J connectivity index is 1.85. The highest BCUT2D eigenvalue weighted by atomic mass is 16.5. The number of ether oxygens (including phenoxy) is 3. The van der Waals surface area contributed by atoms with Crippen LogP contribution in [0.3, 0.4) is 0 Å². The van der Waals surface area contributed by atoms with Crippen LogP contribution < -0.4 is 19.5 Å². The summed E-state index contributed by atoms with van der Waals surface area (Å²) >= 11 is 0. The summed E-state index contributed by atoms with van der Waals surface area (Å²) in [5.41, 5.74) is 2.90. The van der Waals surface area contributed by atoms with Gasteiger partial charge < -0.3 is 24.4 Å². The number of nitrogens with one attached hydrogen (secondary N) is 1. The summed E-state index contributed by atoms with van der Waals surface area (Å²) in [6, 6.07) is 14.1. The molecule has 8 heteroatoms. The summed E-state index contributed by atoms with van der Waals surface area (Å²) in [7, 11) is 4.63. The monoisotopic (exact) mass is 489 g/mol. The van der Waals surface area contributed by atoms with Crippen LogP contribution in [0.15, 0.2) is 60.9 Å². The number of pyridine rings is 1. The van der Waals surface area contributed by atoms with Gasteiger partial charge in [0.15, 0.2) is 11.5 Å². The first-order valence-corrected chi connectivity index (χ1v) is 11.9. The Bertz CT molecular complexity index is 1210. The normalized spacial score (nSPS) is 16.8. The van der Waals surface area contributed by atoms with Gasteiger partial charge in [-0.15, -0.1) is 0 Å². The first-order chi connectivity index (χ1) is 17.5. The summed E-state index contributed by atoms with van der Waals surface area (Å²) < 4.78 is 16.7. The third-order valence-electron chi connectivity index (χ3n) is 6.43. The van der Waals surface area contributed by atoms with Crippen molar-refractivity contribution in [1.29, 1.82) is 0 Å². The molecule has 0 fully saturated rings. The first-order valence-electron chi connectivity index (χ1n) is 11.9. The molecule has 3 aromatic rings. The smallest absolute Gasteiger partial charge is 0.254 e. The van der Waals surface area contributed by atoms with Gasteiger partial charge in [-0.3, -0.25) is 14.6 Å². The van der Waals surface area contributed by atoms with Crippen molar-refractivity contribution in [3.8, 4) is 17.2 Å². The zero-order chi connectivity index (χ0) is 25.7. The Morgan fingerprint density at radius 2 is 1.67 bits per heavy atom. The van der Waals surface area contributed by atoms with E-state index in [-0.39, 0.29) is 11.8 Å². The molecular weight excluding hydrogens is 458 g/mol. The van der Waals surface area contributed by atoms with Crippen LogP contribution in [-0.4, -0.2) is 49.6 Å². The molecule has 2 heterocycles. The SMILES string of the molecule is CCCN1C(=O)c2ccccc2[C@H](C(=O)NCc2ccncc2)[C@@H]1c1cc(OC)c(OC)c(OC)c1. The van der Waals surface area contributed by atoms with Gasteiger partial charge >= 0.3 is 0 Å². The van der Waals surface area contributed by atoms with Crippen molar-refractivity contribution in [2.24, 2.45) is 0 Å². The van der Waals surface area contributed by atoms with E-state index in [1.54, 1.807) is 44.7 Å².